The van der Waals surface area contributed by atoms with Gasteiger partial charge in [0.1, 0.15) is 0 Å². The van der Waals surface area contributed by atoms with Crippen LogP contribution in [-0.4, -0.2) is 10.1 Å². The second-order valence-electron chi connectivity index (χ2n) is 4.11. The number of rotatable bonds is 3. The third-order valence-electron chi connectivity index (χ3n) is 2.62. The Bertz CT molecular complexity index is 524. The quantitative estimate of drug-likeness (QED) is 0.935. The Morgan fingerprint density at radius 2 is 2.18 bits per heavy atom. The molecule has 2 nitrogen and oxygen atoms in total. The maximum absolute atomic E-state index is 10.1. The molecule has 17 heavy (non-hydrogen) atoms. The van der Waals surface area contributed by atoms with Crippen molar-refractivity contribution in [3.8, 4) is 0 Å². The standard InChI is InChI=1S/C13H14BrNOS/c1-8-3-4-10(5-11(8)14)12(16)6-13-15-9(2)7-17-13/h3-5,7,12,16H,6H2,1-2H3. The number of thiazole rings is 1. The van der Waals surface area contributed by atoms with Gasteiger partial charge in [0, 0.05) is 22.0 Å². The maximum Gasteiger partial charge on any atom is 0.0957 e. The predicted octanol–water partition coefficient (Wildman–Crippen LogP) is 3.80. The zero-order valence-electron chi connectivity index (χ0n) is 9.77. The summed E-state index contributed by atoms with van der Waals surface area (Å²) in [7, 11) is 0. The average molecular weight is 312 g/mol. The van der Waals surface area contributed by atoms with Crippen LogP contribution in [0.2, 0.25) is 0 Å². The van der Waals surface area contributed by atoms with Gasteiger partial charge in [-0.1, -0.05) is 28.1 Å². The second-order valence-corrected chi connectivity index (χ2v) is 5.91. The molecule has 0 amide bonds. The van der Waals surface area contributed by atoms with Gasteiger partial charge in [-0.15, -0.1) is 11.3 Å². The molecular weight excluding hydrogens is 298 g/mol. The van der Waals surface area contributed by atoms with Crippen molar-refractivity contribution in [3.63, 3.8) is 0 Å². The summed E-state index contributed by atoms with van der Waals surface area (Å²) >= 11 is 5.08. The van der Waals surface area contributed by atoms with Gasteiger partial charge >= 0.3 is 0 Å². The van der Waals surface area contributed by atoms with Crippen molar-refractivity contribution in [3.05, 3.63) is 49.9 Å². The van der Waals surface area contributed by atoms with Crippen LogP contribution in [-0.2, 0) is 6.42 Å². The number of nitrogens with zero attached hydrogens (tertiary/aromatic N) is 1. The number of aliphatic hydroxyl groups excluding tert-OH is 1. The number of hydrogen-bond acceptors (Lipinski definition) is 3. The average Bonchev–Trinajstić information content (AvgIpc) is 2.68. The van der Waals surface area contributed by atoms with E-state index in [0.717, 1.165) is 20.7 Å². The Kier molecular flexibility index (Phi) is 3.97. The fourth-order valence-electron chi connectivity index (χ4n) is 1.60. The van der Waals surface area contributed by atoms with E-state index in [0.29, 0.717) is 6.42 Å². The van der Waals surface area contributed by atoms with Gasteiger partial charge in [-0.3, -0.25) is 0 Å². The van der Waals surface area contributed by atoms with E-state index in [1.807, 2.05) is 37.4 Å². The summed E-state index contributed by atoms with van der Waals surface area (Å²) in [6.07, 6.45) is 0.0889. The SMILES string of the molecule is Cc1csc(CC(O)c2ccc(C)c(Br)c2)n1. The van der Waals surface area contributed by atoms with E-state index in [-0.39, 0.29) is 0 Å². The number of aromatic nitrogens is 1. The van der Waals surface area contributed by atoms with Crippen molar-refractivity contribution in [2.45, 2.75) is 26.4 Å². The van der Waals surface area contributed by atoms with Gasteiger partial charge in [0.15, 0.2) is 0 Å². The van der Waals surface area contributed by atoms with E-state index >= 15 is 0 Å². The minimum atomic E-state index is -0.488. The lowest BCUT2D eigenvalue weighted by atomic mass is 10.1. The Balaban J connectivity index is 2.14. The highest BCUT2D eigenvalue weighted by molar-refractivity contribution is 9.10. The van der Waals surface area contributed by atoms with Crippen molar-refractivity contribution in [2.24, 2.45) is 0 Å². The number of hydrogen-bond donors (Lipinski definition) is 1. The van der Waals surface area contributed by atoms with Crippen LogP contribution < -0.4 is 0 Å². The molecule has 0 bridgehead atoms. The molecular formula is C13H14BrNOS. The van der Waals surface area contributed by atoms with Crippen molar-refractivity contribution < 1.29 is 5.11 Å². The summed E-state index contributed by atoms with van der Waals surface area (Å²) in [6, 6.07) is 5.95. The second kappa shape index (κ2) is 5.29. The van der Waals surface area contributed by atoms with Crippen LogP contribution in [0, 0.1) is 13.8 Å². The molecule has 1 atom stereocenters. The Morgan fingerprint density at radius 3 is 2.76 bits per heavy atom. The lowest BCUT2D eigenvalue weighted by Gasteiger charge is -2.10. The molecule has 0 aliphatic heterocycles. The van der Waals surface area contributed by atoms with Crippen molar-refractivity contribution in [1.82, 2.24) is 4.98 Å². The van der Waals surface area contributed by atoms with E-state index in [9.17, 15) is 5.11 Å². The van der Waals surface area contributed by atoms with Gasteiger partial charge in [-0.2, -0.15) is 0 Å². The fourth-order valence-corrected chi connectivity index (χ4v) is 2.80. The smallest absolute Gasteiger partial charge is 0.0957 e. The molecule has 1 unspecified atom stereocenters. The molecule has 1 aromatic heterocycles. The number of aryl methyl sites for hydroxylation is 2. The molecule has 2 aromatic rings. The molecule has 0 spiro atoms. The van der Waals surface area contributed by atoms with Gasteiger partial charge in [0.05, 0.1) is 11.1 Å². The first-order valence-corrected chi connectivity index (χ1v) is 7.08. The first kappa shape index (κ1) is 12.7. The van der Waals surface area contributed by atoms with Crippen LogP contribution in [0.3, 0.4) is 0 Å². The first-order valence-electron chi connectivity index (χ1n) is 5.41. The number of halogens is 1. The zero-order valence-corrected chi connectivity index (χ0v) is 12.2. The maximum atomic E-state index is 10.1. The molecule has 90 valence electrons. The lowest BCUT2D eigenvalue weighted by Crippen LogP contribution is -2.01. The van der Waals surface area contributed by atoms with Gasteiger partial charge in [0.25, 0.3) is 0 Å². The molecule has 0 aliphatic carbocycles. The van der Waals surface area contributed by atoms with Crippen LogP contribution in [0.5, 0.6) is 0 Å². The summed E-state index contributed by atoms with van der Waals surface area (Å²) in [4.78, 5) is 4.36. The molecule has 1 N–H and O–H groups in total. The van der Waals surface area contributed by atoms with Crippen molar-refractivity contribution in [1.29, 1.82) is 0 Å². The highest BCUT2D eigenvalue weighted by atomic mass is 79.9. The van der Waals surface area contributed by atoms with Crippen LogP contribution in [0.15, 0.2) is 28.1 Å². The summed E-state index contributed by atoms with van der Waals surface area (Å²) in [6.45, 7) is 4.00. The van der Waals surface area contributed by atoms with Gasteiger partial charge in [0.2, 0.25) is 0 Å². The molecule has 0 fully saturated rings. The highest BCUT2D eigenvalue weighted by Gasteiger charge is 2.11. The monoisotopic (exact) mass is 311 g/mol. The molecule has 1 aromatic carbocycles. The highest BCUT2D eigenvalue weighted by Crippen LogP contribution is 2.25. The van der Waals surface area contributed by atoms with Crippen LogP contribution in [0.1, 0.15) is 27.9 Å². The van der Waals surface area contributed by atoms with Crippen LogP contribution in [0.4, 0.5) is 0 Å². The topological polar surface area (TPSA) is 33.1 Å². The molecule has 2 rings (SSSR count). The summed E-state index contributed by atoms with van der Waals surface area (Å²) < 4.78 is 1.03. The molecule has 0 saturated heterocycles. The molecule has 0 aliphatic rings. The molecule has 0 saturated carbocycles. The minimum absolute atomic E-state index is 0.488. The number of benzene rings is 1. The van der Waals surface area contributed by atoms with Crippen LogP contribution >= 0.6 is 27.3 Å². The van der Waals surface area contributed by atoms with E-state index in [1.54, 1.807) is 11.3 Å². The van der Waals surface area contributed by atoms with E-state index in [1.165, 1.54) is 5.56 Å². The predicted molar refractivity (Wildman–Crippen MR) is 74.4 cm³/mol. The number of aliphatic hydroxyl groups is 1. The van der Waals surface area contributed by atoms with Crippen molar-refractivity contribution in [2.75, 3.05) is 0 Å². The first-order chi connectivity index (χ1) is 8.06. The third-order valence-corrected chi connectivity index (χ3v) is 4.46. The summed E-state index contributed by atoms with van der Waals surface area (Å²) in [5.41, 5.74) is 3.11. The fraction of sp³-hybridized carbons (Fsp3) is 0.308. The molecule has 4 heteroatoms. The lowest BCUT2D eigenvalue weighted by molar-refractivity contribution is 0.178. The largest absolute Gasteiger partial charge is 0.388 e. The van der Waals surface area contributed by atoms with Gasteiger partial charge < -0.3 is 5.11 Å². The summed E-state index contributed by atoms with van der Waals surface area (Å²) in [5.74, 6) is 0. The Hall–Kier alpha value is -0.710. The Morgan fingerprint density at radius 1 is 1.41 bits per heavy atom. The molecule has 1 heterocycles. The van der Waals surface area contributed by atoms with E-state index in [4.69, 9.17) is 0 Å². The van der Waals surface area contributed by atoms with E-state index < -0.39 is 6.10 Å². The Labute approximate surface area is 113 Å². The third kappa shape index (κ3) is 3.15. The summed E-state index contributed by atoms with van der Waals surface area (Å²) in [5, 5.41) is 13.1. The van der Waals surface area contributed by atoms with Crippen LogP contribution in [0.25, 0.3) is 0 Å². The normalized spacial score (nSPS) is 12.7. The van der Waals surface area contributed by atoms with E-state index in [2.05, 4.69) is 20.9 Å². The minimum Gasteiger partial charge on any atom is -0.388 e. The molecule has 0 radical (unpaired) electrons. The van der Waals surface area contributed by atoms with Crippen molar-refractivity contribution >= 4 is 27.3 Å². The zero-order chi connectivity index (χ0) is 12.4. The van der Waals surface area contributed by atoms with Gasteiger partial charge in [-0.25, -0.2) is 4.98 Å². The van der Waals surface area contributed by atoms with Gasteiger partial charge in [-0.05, 0) is 31.0 Å².